The van der Waals surface area contributed by atoms with Gasteiger partial charge in [0.05, 0.1) is 22.5 Å². The molecule has 0 amide bonds. The van der Waals surface area contributed by atoms with Crippen LogP contribution in [0.15, 0.2) is 46.6 Å². The molecule has 7 heteroatoms. The van der Waals surface area contributed by atoms with Gasteiger partial charge in [0, 0.05) is 5.69 Å². The first-order chi connectivity index (χ1) is 10.4. The van der Waals surface area contributed by atoms with Crippen molar-refractivity contribution < 1.29 is 19.8 Å². The number of carboxylic acid groups (broad SMARTS) is 2. The van der Waals surface area contributed by atoms with E-state index >= 15 is 0 Å². The van der Waals surface area contributed by atoms with E-state index in [0.717, 1.165) is 11.6 Å². The minimum atomic E-state index is -1.23. The van der Waals surface area contributed by atoms with Crippen LogP contribution in [-0.2, 0) is 0 Å². The van der Waals surface area contributed by atoms with Gasteiger partial charge >= 0.3 is 11.9 Å². The SMILES string of the molecule is Cc1cc(N=Nc2cc(C(=O)O)cc(C(=O)O)c2)ccc1N. The Balaban J connectivity index is 2.39. The molecule has 0 aliphatic carbocycles. The molecule has 0 aromatic heterocycles. The van der Waals surface area contributed by atoms with Gasteiger partial charge in [-0.1, -0.05) is 0 Å². The van der Waals surface area contributed by atoms with E-state index in [1.54, 1.807) is 18.2 Å². The van der Waals surface area contributed by atoms with Crippen molar-refractivity contribution in [1.82, 2.24) is 0 Å². The van der Waals surface area contributed by atoms with Gasteiger partial charge in [0.25, 0.3) is 0 Å². The number of carbonyl (C=O) groups is 2. The monoisotopic (exact) mass is 299 g/mol. The third kappa shape index (κ3) is 3.45. The molecule has 0 spiro atoms. The van der Waals surface area contributed by atoms with Gasteiger partial charge in [-0.3, -0.25) is 0 Å². The van der Waals surface area contributed by atoms with Crippen LogP contribution in [0, 0.1) is 6.92 Å². The Bertz CT molecular complexity index is 752. The fourth-order valence-electron chi connectivity index (χ4n) is 1.75. The second-order valence-corrected chi connectivity index (χ2v) is 4.62. The number of carboxylic acids is 2. The summed E-state index contributed by atoms with van der Waals surface area (Å²) >= 11 is 0. The lowest BCUT2D eigenvalue weighted by molar-refractivity contribution is 0.0696. The molecule has 0 aliphatic rings. The Hall–Kier alpha value is -3.22. The van der Waals surface area contributed by atoms with Crippen molar-refractivity contribution in [3.8, 4) is 0 Å². The molecule has 0 atom stereocenters. The highest BCUT2D eigenvalue weighted by Crippen LogP contribution is 2.24. The second-order valence-electron chi connectivity index (χ2n) is 4.62. The highest BCUT2D eigenvalue weighted by Gasteiger charge is 2.11. The number of nitrogens with zero attached hydrogens (tertiary/aromatic N) is 2. The summed E-state index contributed by atoms with van der Waals surface area (Å²) in [4.78, 5) is 22.0. The quantitative estimate of drug-likeness (QED) is 0.589. The number of aromatic carboxylic acids is 2. The van der Waals surface area contributed by atoms with Gasteiger partial charge in [-0.25, -0.2) is 9.59 Å². The molecule has 112 valence electrons. The lowest BCUT2D eigenvalue weighted by Crippen LogP contribution is -2.01. The molecule has 0 aliphatic heterocycles. The van der Waals surface area contributed by atoms with Crippen LogP contribution in [0.2, 0.25) is 0 Å². The van der Waals surface area contributed by atoms with E-state index in [4.69, 9.17) is 15.9 Å². The van der Waals surface area contributed by atoms with Crippen LogP contribution in [0.25, 0.3) is 0 Å². The molecule has 7 nitrogen and oxygen atoms in total. The van der Waals surface area contributed by atoms with Gasteiger partial charge < -0.3 is 15.9 Å². The first kappa shape index (κ1) is 15.2. The molecule has 0 saturated heterocycles. The fourth-order valence-corrected chi connectivity index (χ4v) is 1.75. The van der Waals surface area contributed by atoms with E-state index in [1.807, 2.05) is 6.92 Å². The number of hydrogen-bond donors (Lipinski definition) is 3. The lowest BCUT2D eigenvalue weighted by atomic mass is 10.1. The van der Waals surface area contributed by atoms with Crippen LogP contribution in [0.1, 0.15) is 26.3 Å². The number of nitrogens with two attached hydrogens (primary N) is 1. The van der Waals surface area contributed by atoms with E-state index in [-0.39, 0.29) is 16.8 Å². The molecular formula is C15H13N3O4. The van der Waals surface area contributed by atoms with Gasteiger partial charge in [-0.2, -0.15) is 10.2 Å². The third-order valence-electron chi connectivity index (χ3n) is 2.95. The summed E-state index contributed by atoms with van der Waals surface area (Å²) in [5, 5.41) is 25.8. The Morgan fingerprint density at radius 3 is 1.95 bits per heavy atom. The number of benzene rings is 2. The number of anilines is 1. The van der Waals surface area contributed by atoms with Gasteiger partial charge in [0.2, 0.25) is 0 Å². The molecule has 4 N–H and O–H groups in total. The van der Waals surface area contributed by atoms with Crippen molar-refractivity contribution in [2.75, 3.05) is 5.73 Å². The Morgan fingerprint density at radius 2 is 1.45 bits per heavy atom. The molecular weight excluding hydrogens is 286 g/mol. The summed E-state index contributed by atoms with van der Waals surface area (Å²) in [6, 6.07) is 8.63. The van der Waals surface area contributed by atoms with Crippen molar-refractivity contribution in [2.45, 2.75) is 6.92 Å². The molecule has 0 bridgehead atoms. The molecule has 2 aromatic rings. The number of aryl methyl sites for hydroxylation is 1. The van der Waals surface area contributed by atoms with Gasteiger partial charge in [0.15, 0.2) is 0 Å². The zero-order valence-electron chi connectivity index (χ0n) is 11.6. The lowest BCUT2D eigenvalue weighted by Gasteiger charge is -2.02. The number of hydrogen-bond acceptors (Lipinski definition) is 5. The van der Waals surface area contributed by atoms with Crippen LogP contribution < -0.4 is 5.73 Å². The fraction of sp³-hybridized carbons (Fsp3) is 0.0667. The highest BCUT2D eigenvalue weighted by atomic mass is 16.4. The molecule has 0 radical (unpaired) electrons. The van der Waals surface area contributed by atoms with Crippen LogP contribution >= 0.6 is 0 Å². The minimum Gasteiger partial charge on any atom is -0.478 e. The molecule has 2 rings (SSSR count). The number of azo groups is 1. The zero-order chi connectivity index (χ0) is 16.3. The average molecular weight is 299 g/mol. The highest BCUT2D eigenvalue weighted by molar-refractivity contribution is 5.95. The van der Waals surface area contributed by atoms with E-state index in [0.29, 0.717) is 11.4 Å². The van der Waals surface area contributed by atoms with Crippen molar-refractivity contribution in [2.24, 2.45) is 10.2 Å². The average Bonchev–Trinajstić information content (AvgIpc) is 2.48. The normalized spacial score (nSPS) is 10.8. The van der Waals surface area contributed by atoms with E-state index in [9.17, 15) is 9.59 Å². The van der Waals surface area contributed by atoms with E-state index < -0.39 is 11.9 Å². The van der Waals surface area contributed by atoms with Crippen LogP contribution in [-0.4, -0.2) is 22.2 Å². The summed E-state index contributed by atoms with van der Waals surface area (Å²) in [5.74, 6) is -2.47. The predicted molar refractivity (Wildman–Crippen MR) is 80.1 cm³/mol. The number of rotatable bonds is 4. The Kier molecular flexibility index (Phi) is 4.17. The molecule has 0 unspecified atom stereocenters. The Labute approximate surface area is 125 Å². The summed E-state index contributed by atoms with van der Waals surface area (Å²) in [5.41, 5.74) is 7.51. The third-order valence-corrected chi connectivity index (χ3v) is 2.95. The first-order valence-corrected chi connectivity index (χ1v) is 6.26. The first-order valence-electron chi connectivity index (χ1n) is 6.26. The van der Waals surface area contributed by atoms with Crippen molar-refractivity contribution in [3.63, 3.8) is 0 Å². The molecule has 2 aromatic carbocycles. The summed E-state index contributed by atoms with van der Waals surface area (Å²) in [7, 11) is 0. The maximum absolute atomic E-state index is 11.0. The molecule has 0 saturated carbocycles. The van der Waals surface area contributed by atoms with E-state index in [1.165, 1.54) is 12.1 Å². The summed E-state index contributed by atoms with van der Waals surface area (Å²) in [6.45, 7) is 1.82. The minimum absolute atomic E-state index is 0.145. The Morgan fingerprint density at radius 1 is 0.909 bits per heavy atom. The molecule has 0 fully saturated rings. The zero-order valence-corrected chi connectivity index (χ0v) is 11.6. The number of nitrogen functional groups attached to an aromatic ring is 1. The van der Waals surface area contributed by atoms with Crippen molar-refractivity contribution in [1.29, 1.82) is 0 Å². The van der Waals surface area contributed by atoms with Crippen LogP contribution in [0.4, 0.5) is 17.1 Å². The predicted octanol–water partition coefficient (Wildman–Crippen LogP) is 3.39. The van der Waals surface area contributed by atoms with Crippen molar-refractivity contribution in [3.05, 3.63) is 53.1 Å². The largest absolute Gasteiger partial charge is 0.478 e. The van der Waals surface area contributed by atoms with Gasteiger partial charge in [-0.15, -0.1) is 0 Å². The molecule has 0 heterocycles. The topological polar surface area (TPSA) is 125 Å². The molecule has 22 heavy (non-hydrogen) atoms. The maximum atomic E-state index is 11.0. The van der Waals surface area contributed by atoms with Crippen molar-refractivity contribution >= 4 is 29.0 Å². The van der Waals surface area contributed by atoms with Crippen LogP contribution in [0.5, 0.6) is 0 Å². The van der Waals surface area contributed by atoms with Gasteiger partial charge in [-0.05, 0) is 48.9 Å². The maximum Gasteiger partial charge on any atom is 0.335 e. The summed E-state index contributed by atoms with van der Waals surface area (Å²) < 4.78 is 0. The van der Waals surface area contributed by atoms with Crippen LogP contribution in [0.3, 0.4) is 0 Å². The standard InChI is InChI=1S/C15H13N3O4/c1-8-4-11(2-3-13(8)16)17-18-12-6-9(14(19)20)5-10(7-12)15(21)22/h2-7H,16H2,1H3,(H,19,20)(H,21,22). The smallest absolute Gasteiger partial charge is 0.335 e. The summed E-state index contributed by atoms with van der Waals surface area (Å²) in [6.07, 6.45) is 0. The van der Waals surface area contributed by atoms with Gasteiger partial charge in [0.1, 0.15) is 0 Å². The second kappa shape index (κ2) is 6.04. The van der Waals surface area contributed by atoms with E-state index in [2.05, 4.69) is 10.2 Å².